The topological polar surface area (TPSA) is 31.9 Å². The van der Waals surface area contributed by atoms with Crippen LogP contribution in [-0.2, 0) is 0 Å². The van der Waals surface area contributed by atoms with Crippen LogP contribution < -0.4 is 4.90 Å². The Balaban J connectivity index is 1.65. The van der Waals surface area contributed by atoms with Crippen molar-refractivity contribution in [3.63, 3.8) is 0 Å². The van der Waals surface area contributed by atoms with Crippen LogP contribution in [0.5, 0.6) is 0 Å². The fraction of sp³-hybridized carbons (Fsp3) is 0.125. The molecule has 0 aliphatic carbocycles. The molecule has 144 valence electrons. The van der Waals surface area contributed by atoms with Gasteiger partial charge in [-0.15, -0.1) is 11.8 Å². The average molecular weight is 402 g/mol. The minimum atomic E-state index is -0.235. The normalized spacial score (nSPS) is 13.4. The SMILES string of the molecule is CN1CCSc2ccc(-c3cc(-c4ccncc4)c(-c4ccc(F)cc4)[nH]3)cc21. The number of hydrogen-bond donors (Lipinski definition) is 1. The number of benzene rings is 2. The molecule has 1 aliphatic rings. The molecule has 1 aliphatic heterocycles. The van der Waals surface area contributed by atoms with Crippen LogP contribution in [0.2, 0.25) is 0 Å². The quantitative estimate of drug-likeness (QED) is 0.451. The first-order valence-corrected chi connectivity index (χ1v) is 10.6. The van der Waals surface area contributed by atoms with Crippen molar-refractivity contribution in [2.75, 3.05) is 24.2 Å². The van der Waals surface area contributed by atoms with Crippen molar-refractivity contribution in [1.29, 1.82) is 0 Å². The molecule has 2 aromatic heterocycles. The molecule has 5 heteroatoms. The van der Waals surface area contributed by atoms with Gasteiger partial charge >= 0.3 is 0 Å². The van der Waals surface area contributed by atoms with Crippen LogP contribution >= 0.6 is 11.8 Å². The number of hydrogen-bond acceptors (Lipinski definition) is 3. The van der Waals surface area contributed by atoms with Crippen LogP contribution in [0.1, 0.15) is 0 Å². The maximum absolute atomic E-state index is 13.5. The van der Waals surface area contributed by atoms with Gasteiger partial charge in [0, 0.05) is 53.5 Å². The average Bonchev–Trinajstić information content (AvgIpc) is 3.20. The molecular formula is C24H20FN3S. The van der Waals surface area contributed by atoms with E-state index in [0.717, 1.165) is 45.9 Å². The highest BCUT2D eigenvalue weighted by molar-refractivity contribution is 7.99. The predicted octanol–water partition coefficient (Wildman–Crippen LogP) is 6.09. The number of nitrogens with one attached hydrogen (secondary N) is 1. The van der Waals surface area contributed by atoms with Crippen LogP contribution in [0.25, 0.3) is 33.6 Å². The fourth-order valence-electron chi connectivity index (χ4n) is 3.73. The standard InChI is InChI=1S/C24H20FN3S/c1-28-12-13-29-23-7-4-18(14-22(23)28)21-15-20(16-8-10-26-11-9-16)24(27-21)17-2-5-19(25)6-3-17/h2-11,14-15,27H,12-13H2,1H3. The minimum Gasteiger partial charge on any atom is -0.373 e. The van der Waals surface area contributed by atoms with Gasteiger partial charge < -0.3 is 9.88 Å². The third kappa shape index (κ3) is 3.42. The van der Waals surface area contributed by atoms with Gasteiger partial charge in [0.25, 0.3) is 0 Å². The van der Waals surface area contributed by atoms with E-state index >= 15 is 0 Å². The van der Waals surface area contributed by atoms with Gasteiger partial charge in [0.1, 0.15) is 5.82 Å². The van der Waals surface area contributed by atoms with Gasteiger partial charge in [0.15, 0.2) is 0 Å². The summed E-state index contributed by atoms with van der Waals surface area (Å²) in [6.45, 7) is 1.05. The second kappa shape index (κ2) is 7.41. The number of aromatic nitrogens is 2. The van der Waals surface area contributed by atoms with E-state index in [1.807, 2.05) is 36.0 Å². The van der Waals surface area contributed by atoms with E-state index in [-0.39, 0.29) is 5.82 Å². The van der Waals surface area contributed by atoms with Crippen molar-refractivity contribution in [2.45, 2.75) is 4.90 Å². The number of pyridine rings is 1. The lowest BCUT2D eigenvalue weighted by molar-refractivity contribution is 0.628. The van der Waals surface area contributed by atoms with E-state index in [1.165, 1.54) is 22.7 Å². The number of thioether (sulfide) groups is 1. The molecular weight excluding hydrogens is 381 g/mol. The first-order chi connectivity index (χ1) is 14.2. The number of fused-ring (bicyclic) bond motifs is 1. The Morgan fingerprint density at radius 2 is 1.69 bits per heavy atom. The highest BCUT2D eigenvalue weighted by Gasteiger charge is 2.17. The lowest BCUT2D eigenvalue weighted by Crippen LogP contribution is -2.24. The highest BCUT2D eigenvalue weighted by Crippen LogP contribution is 2.40. The molecule has 0 spiro atoms. The third-order valence-corrected chi connectivity index (χ3v) is 6.35. The van der Waals surface area contributed by atoms with Crippen LogP contribution in [0.15, 0.2) is 78.0 Å². The zero-order valence-electron chi connectivity index (χ0n) is 16.0. The summed E-state index contributed by atoms with van der Waals surface area (Å²) in [7, 11) is 2.14. The van der Waals surface area contributed by atoms with Gasteiger partial charge in [-0.05, 0) is 65.7 Å². The Morgan fingerprint density at radius 1 is 0.931 bits per heavy atom. The van der Waals surface area contributed by atoms with Gasteiger partial charge in [0.2, 0.25) is 0 Å². The number of nitrogens with zero attached hydrogens (tertiary/aromatic N) is 2. The first-order valence-electron chi connectivity index (χ1n) is 9.57. The van der Waals surface area contributed by atoms with Crippen molar-refractivity contribution >= 4 is 17.4 Å². The number of rotatable bonds is 3. The third-order valence-electron chi connectivity index (χ3n) is 5.31. The maximum Gasteiger partial charge on any atom is 0.123 e. The number of anilines is 1. The van der Waals surface area contributed by atoms with Gasteiger partial charge in [0.05, 0.1) is 11.4 Å². The Labute approximate surface area is 173 Å². The maximum atomic E-state index is 13.5. The van der Waals surface area contributed by atoms with Gasteiger partial charge in [-0.1, -0.05) is 6.07 Å². The molecule has 0 unspecified atom stereocenters. The molecule has 0 saturated heterocycles. The summed E-state index contributed by atoms with van der Waals surface area (Å²) in [5.41, 5.74) is 7.54. The fourth-order valence-corrected chi connectivity index (χ4v) is 4.84. The molecule has 3 heterocycles. The van der Waals surface area contributed by atoms with Gasteiger partial charge in [-0.2, -0.15) is 0 Å². The van der Waals surface area contributed by atoms with E-state index in [4.69, 9.17) is 0 Å². The van der Waals surface area contributed by atoms with E-state index in [2.05, 4.69) is 46.2 Å². The number of halogens is 1. The first kappa shape index (κ1) is 18.0. The number of aromatic amines is 1. The summed E-state index contributed by atoms with van der Waals surface area (Å²) in [5.74, 6) is 0.882. The van der Waals surface area contributed by atoms with Crippen molar-refractivity contribution in [3.05, 3.63) is 78.9 Å². The monoisotopic (exact) mass is 401 g/mol. The van der Waals surface area contributed by atoms with Crippen molar-refractivity contribution in [1.82, 2.24) is 9.97 Å². The Kier molecular flexibility index (Phi) is 4.60. The summed E-state index contributed by atoms with van der Waals surface area (Å²) < 4.78 is 13.5. The zero-order chi connectivity index (χ0) is 19.8. The molecule has 4 aromatic rings. The molecule has 2 aromatic carbocycles. The lowest BCUT2D eigenvalue weighted by Gasteiger charge is -2.27. The van der Waals surface area contributed by atoms with Crippen LogP contribution in [-0.4, -0.2) is 29.3 Å². The van der Waals surface area contributed by atoms with Crippen LogP contribution in [0.3, 0.4) is 0 Å². The summed E-state index contributed by atoms with van der Waals surface area (Å²) in [6, 6.07) is 19.4. The summed E-state index contributed by atoms with van der Waals surface area (Å²) in [5, 5.41) is 0. The summed E-state index contributed by atoms with van der Waals surface area (Å²) >= 11 is 1.91. The molecule has 3 nitrogen and oxygen atoms in total. The van der Waals surface area contributed by atoms with Crippen molar-refractivity contribution < 1.29 is 4.39 Å². The molecule has 0 amide bonds. The minimum absolute atomic E-state index is 0.235. The van der Waals surface area contributed by atoms with Crippen LogP contribution in [0, 0.1) is 5.82 Å². The smallest absolute Gasteiger partial charge is 0.123 e. The molecule has 0 fully saturated rings. The van der Waals surface area contributed by atoms with E-state index in [0.29, 0.717) is 0 Å². The molecule has 29 heavy (non-hydrogen) atoms. The van der Waals surface area contributed by atoms with Crippen molar-refractivity contribution in [3.8, 4) is 33.6 Å². The summed E-state index contributed by atoms with van der Waals surface area (Å²) in [6.07, 6.45) is 3.59. The highest BCUT2D eigenvalue weighted by atomic mass is 32.2. The van der Waals surface area contributed by atoms with E-state index in [1.54, 1.807) is 12.4 Å². The lowest BCUT2D eigenvalue weighted by atomic mass is 10.0. The second-order valence-electron chi connectivity index (χ2n) is 7.17. The predicted molar refractivity (Wildman–Crippen MR) is 119 cm³/mol. The Bertz CT molecular complexity index is 1150. The molecule has 5 rings (SSSR count). The molecule has 1 N–H and O–H groups in total. The Hall–Kier alpha value is -3.05. The molecule has 0 radical (unpaired) electrons. The Morgan fingerprint density at radius 3 is 2.48 bits per heavy atom. The largest absolute Gasteiger partial charge is 0.373 e. The van der Waals surface area contributed by atoms with Gasteiger partial charge in [-0.25, -0.2) is 4.39 Å². The van der Waals surface area contributed by atoms with Crippen molar-refractivity contribution in [2.24, 2.45) is 0 Å². The van der Waals surface area contributed by atoms with Crippen LogP contribution in [0.4, 0.5) is 10.1 Å². The zero-order valence-corrected chi connectivity index (χ0v) is 16.8. The molecule has 0 bridgehead atoms. The summed E-state index contributed by atoms with van der Waals surface area (Å²) in [4.78, 5) is 11.4. The second-order valence-corrected chi connectivity index (χ2v) is 8.30. The van der Waals surface area contributed by atoms with E-state index < -0.39 is 0 Å². The van der Waals surface area contributed by atoms with Gasteiger partial charge in [-0.3, -0.25) is 4.98 Å². The number of H-pyrrole nitrogens is 1. The molecule has 0 saturated carbocycles. The molecule has 0 atom stereocenters. The van der Waals surface area contributed by atoms with E-state index in [9.17, 15) is 4.39 Å².